The first kappa shape index (κ1) is 12.8. The van der Waals surface area contributed by atoms with Crippen LogP contribution in [0.25, 0.3) is 0 Å². The SMILES string of the molecule is CCCNc1ncc(F)c(N2CCc3ccccc32)n1. The van der Waals surface area contributed by atoms with Crippen LogP contribution in [0, 0.1) is 5.82 Å². The molecule has 0 atom stereocenters. The van der Waals surface area contributed by atoms with E-state index in [4.69, 9.17) is 0 Å². The fourth-order valence-electron chi connectivity index (χ4n) is 2.43. The summed E-state index contributed by atoms with van der Waals surface area (Å²) in [5.74, 6) is 0.444. The van der Waals surface area contributed by atoms with Gasteiger partial charge < -0.3 is 10.2 Å². The summed E-state index contributed by atoms with van der Waals surface area (Å²) in [6.07, 6.45) is 3.13. The number of para-hydroxylation sites is 1. The van der Waals surface area contributed by atoms with Crippen molar-refractivity contribution in [3.05, 3.63) is 41.8 Å². The molecule has 1 aliphatic heterocycles. The lowest BCUT2D eigenvalue weighted by molar-refractivity contribution is 0.612. The Balaban J connectivity index is 1.94. The predicted octanol–water partition coefficient (Wildman–Crippen LogP) is 3.13. The first-order valence-corrected chi connectivity index (χ1v) is 6.91. The number of nitrogens with zero attached hydrogens (tertiary/aromatic N) is 3. The molecule has 1 N–H and O–H groups in total. The number of hydrogen-bond donors (Lipinski definition) is 1. The van der Waals surface area contributed by atoms with Crippen LogP contribution < -0.4 is 10.2 Å². The minimum atomic E-state index is -0.385. The summed E-state index contributed by atoms with van der Waals surface area (Å²) in [4.78, 5) is 10.2. The fraction of sp³-hybridized carbons (Fsp3) is 0.333. The van der Waals surface area contributed by atoms with Gasteiger partial charge in [0, 0.05) is 18.8 Å². The Morgan fingerprint density at radius 1 is 1.35 bits per heavy atom. The summed E-state index contributed by atoms with van der Waals surface area (Å²) in [5, 5.41) is 3.09. The number of fused-ring (bicyclic) bond motifs is 1. The first-order chi connectivity index (χ1) is 9.79. The summed E-state index contributed by atoms with van der Waals surface area (Å²) in [6.45, 7) is 3.59. The zero-order chi connectivity index (χ0) is 13.9. The molecule has 1 aliphatic rings. The molecule has 20 heavy (non-hydrogen) atoms. The van der Waals surface area contributed by atoms with E-state index in [1.54, 1.807) is 0 Å². The Hall–Kier alpha value is -2.17. The van der Waals surface area contributed by atoms with Crippen LogP contribution in [0.3, 0.4) is 0 Å². The van der Waals surface area contributed by atoms with Gasteiger partial charge in [0.25, 0.3) is 0 Å². The molecule has 0 fully saturated rings. The van der Waals surface area contributed by atoms with Crippen molar-refractivity contribution in [3.63, 3.8) is 0 Å². The minimum Gasteiger partial charge on any atom is -0.354 e. The average Bonchev–Trinajstić information content (AvgIpc) is 2.90. The molecule has 0 aliphatic carbocycles. The Kier molecular flexibility index (Phi) is 3.50. The number of aromatic nitrogens is 2. The molecule has 0 saturated heterocycles. The van der Waals surface area contributed by atoms with Crippen molar-refractivity contribution in [2.24, 2.45) is 0 Å². The molecule has 5 heteroatoms. The van der Waals surface area contributed by atoms with Crippen LogP contribution in [0.15, 0.2) is 30.5 Å². The largest absolute Gasteiger partial charge is 0.354 e. The molecule has 0 unspecified atom stereocenters. The highest BCUT2D eigenvalue weighted by molar-refractivity contribution is 5.68. The van der Waals surface area contributed by atoms with Gasteiger partial charge in [0.1, 0.15) is 0 Å². The van der Waals surface area contributed by atoms with Gasteiger partial charge in [-0.3, -0.25) is 0 Å². The molecule has 3 rings (SSSR count). The predicted molar refractivity (Wildman–Crippen MR) is 77.9 cm³/mol. The Labute approximate surface area is 117 Å². The highest BCUT2D eigenvalue weighted by Gasteiger charge is 2.24. The number of nitrogens with one attached hydrogen (secondary N) is 1. The monoisotopic (exact) mass is 272 g/mol. The van der Waals surface area contributed by atoms with E-state index in [9.17, 15) is 4.39 Å². The van der Waals surface area contributed by atoms with E-state index in [-0.39, 0.29) is 5.82 Å². The summed E-state index contributed by atoms with van der Waals surface area (Å²) < 4.78 is 14.0. The van der Waals surface area contributed by atoms with Crippen LogP contribution in [-0.2, 0) is 6.42 Å². The van der Waals surface area contributed by atoms with Crippen LogP contribution in [0.5, 0.6) is 0 Å². The van der Waals surface area contributed by atoms with Crippen molar-refractivity contribution < 1.29 is 4.39 Å². The lowest BCUT2D eigenvalue weighted by Gasteiger charge is -2.19. The van der Waals surface area contributed by atoms with Gasteiger partial charge in [-0.15, -0.1) is 0 Å². The molecular weight excluding hydrogens is 255 g/mol. The first-order valence-electron chi connectivity index (χ1n) is 6.91. The van der Waals surface area contributed by atoms with E-state index in [2.05, 4.69) is 28.3 Å². The second-order valence-corrected chi connectivity index (χ2v) is 4.82. The van der Waals surface area contributed by atoms with Crippen LogP contribution >= 0.6 is 0 Å². The normalized spacial score (nSPS) is 13.4. The lowest BCUT2D eigenvalue weighted by Crippen LogP contribution is -2.18. The molecule has 0 radical (unpaired) electrons. The molecule has 4 nitrogen and oxygen atoms in total. The molecule has 1 aromatic heterocycles. The molecule has 1 aromatic carbocycles. The standard InChI is InChI=1S/C15H17FN4/c1-2-8-17-15-18-10-12(16)14(19-15)20-9-7-11-5-3-4-6-13(11)20/h3-6,10H,2,7-9H2,1H3,(H,17,18,19). The maximum atomic E-state index is 14.0. The molecule has 0 bridgehead atoms. The highest BCUT2D eigenvalue weighted by atomic mass is 19.1. The number of halogens is 1. The van der Waals surface area contributed by atoms with Gasteiger partial charge in [0.15, 0.2) is 11.6 Å². The topological polar surface area (TPSA) is 41.1 Å². The average molecular weight is 272 g/mol. The van der Waals surface area contributed by atoms with Crippen molar-refractivity contribution >= 4 is 17.5 Å². The third-order valence-electron chi connectivity index (χ3n) is 3.40. The van der Waals surface area contributed by atoms with Crippen LogP contribution in [0.1, 0.15) is 18.9 Å². The maximum Gasteiger partial charge on any atom is 0.224 e. The van der Waals surface area contributed by atoms with Gasteiger partial charge in [-0.1, -0.05) is 25.1 Å². The van der Waals surface area contributed by atoms with Crippen molar-refractivity contribution in [2.45, 2.75) is 19.8 Å². The molecule has 2 aromatic rings. The third-order valence-corrected chi connectivity index (χ3v) is 3.40. The maximum absolute atomic E-state index is 14.0. The highest BCUT2D eigenvalue weighted by Crippen LogP contribution is 2.34. The lowest BCUT2D eigenvalue weighted by atomic mass is 10.2. The van der Waals surface area contributed by atoms with E-state index >= 15 is 0 Å². The Bertz CT molecular complexity index is 615. The van der Waals surface area contributed by atoms with E-state index < -0.39 is 0 Å². The zero-order valence-electron chi connectivity index (χ0n) is 11.4. The van der Waals surface area contributed by atoms with Crippen molar-refractivity contribution in [2.75, 3.05) is 23.3 Å². The van der Waals surface area contributed by atoms with Crippen LogP contribution in [0.2, 0.25) is 0 Å². The van der Waals surface area contributed by atoms with Crippen molar-refractivity contribution in [1.29, 1.82) is 0 Å². The van der Waals surface area contributed by atoms with Crippen LogP contribution in [0.4, 0.5) is 21.8 Å². The zero-order valence-corrected chi connectivity index (χ0v) is 11.4. The smallest absolute Gasteiger partial charge is 0.224 e. The molecule has 104 valence electrons. The summed E-state index contributed by atoms with van der Waals surface area (Å²) in [7, 11) is 0. The van der Waals surface area contributed by atoms with E-state index in [0.29, 0.717) is 11.8 Å². The van der Waals surface area contributed by atoms with Gasteiger partial charge in [-0.25, -0.2) is 9.37 Å². The van der Waals surface area contributed by atoms with Gasteiger partial charge in [-0.2, -0.15) is 4.98 Å². The molecular formula is C15H17FN4. The number of rotatable bonds is 4. The van der Waals surface area contributed by atoms with Gasteiger partial charge in [0.2, 0.25) is 5.95 Å². The van der Waals surface area contributed by atoms with Crippen molar-refractivity contribution in [3.8, 4) is 0 Å². The fourth-order valence-corrected chi connectivity index (χ4v) is 2.43. The number of anilines is 3. The number of benzene rings is 1. The van der Waals surface area contributed by atoms with Gasteiger partial charge in [0.05, 0.1) is 6.20 Å². The quantitative estimate of drug-likeness (QED) is 0.928. The summed E-state index contributed by atoms with van der Waals surface area (Å²) >= 11 is 0. The van der Waals surface area contributed by atoms with E-state index in [0.717, 1.165) is 31.6 Å². The third kappa shape index (κ3) is 2.31. The molecule has 0 saturated carbocycles. The Morgan fingerprint density at radius 2 is 2.20 bits per heavy atom. The summed E-state index contributed by atoms with van der Waals surface area (Å²) in [6, 6.07) is 8.05. The van der Waals surface area contributed by atoms with Gasteiger partial charge in [-0.05, 0) is 24.5 Å². The second-order valence-electron chi connectivity index (χ2n) is 4.82. The number of hydrogen-bond acceptors (Lipinski definition) is 4. The molecule has 2 heterocycles. The second kappa shape index (κ2) is 5.45. The molecule has 0 amide bonds. The van der Waals surface area contributed by atoms with E-state index in [1.807, 2.05) is 23.1 Å². The minimum absolute atomic E-state index is 0.351. The van der Waals surface area contributed by atoms with Crippen LogP contribution in [-0.4, -0.2) is 23.1 Å². The van der Waals surface area contributed by atoms with Crippen molar-refractivity contribution in [1.82, 2.24) is 9.97 Å². The Morgan fingerprint density at radius 3 is 3.05 bits per heavy atom. The van der Waals surface area contributed by atoms with E-state index in [1.165, 1.54) is 11.8 Å². The molecule has 0 spiro atoms. The van der Waals surface area contributed by atoms with Gasteiger partial charge >= 0.3 is 0 Å². The summed E-state index contributed by atoms with van der Waals surface area (Å²) in [5.41, 5.74) is 2.26.